The van der Waals surface area contributed by atoms with E-state index in [1.807, 2.05) is 9.80 Å². The monoisotopic (exact) mass is 427 g/mol. The van der Waals surface area contributed by atoms with Gasteiger partial charge in [-0.15, -0.1) is 0 Å². The van der Waals surface area contributed by atoms with E-state index in [1.54, 1.807) is 6.92 Å². The molecule has 2 aliphatic heterocycles. The number of carbonyl (C=O) groups excluding carboxylic acids is 2. The van der Waals surface area contributed by atoms with Crippen LogP contribution >= 0.6 is 0 Å². The molecule has 2 aliphatic rings. The number of esters is 1. The number of piperidine rings is 1. The fourth-order valence-corrected chi connectivity index (χ4v) is 5.31. The first kappa shape index (κ1) is 21.7. The van der Waals surface area contributed by atoms with Crippen molar-refractivity contribution in [3.05, 3.63) is 11.3 Å². The van der Waals surface area contributed by atoms with E-state index in [1.165, 1.54) is 17.8 Å². The lowest BCUT2D eigenvalue weighted by atomic mass is 10.1. The minimum Gasteiger partial charge on any atom is -0.465 e. The number of hydrogen-bond donors (Lipinski definition) is 1. The second kappa shape index (κ2) is 9.23. The normalized spacial score (nSPS) is 19.3. The molecule has 1 N–H and O–H groups in total. The molecule has 1 aromatic heterocycles. The SMILES string of the molecule is CCc1[nH]nc(S(=O)(=O)N2CCN(CC(=O)N3CCCCC3)CC2)c1C(=O)OC. The Kier molecular flexibility index (Phi) is 6.91. The Morgan fingerprint density at radius 1 is 1.07 bits per heavy atom. The average Bonchev–Trinajstić information content (AvgIpc) is 3.19. The van der Waals surface area contributed by atoms with E-state index in [9.17, 15) is 18.0 Å². The Balaban J connectivity index is 1.65. The van der Waals surface area contributed by atoms with Gasteiger partial charge in [0.05, 0.1) is 19.3 Å². The number of nitrogens with zero attached hydrogens (tertiary/aromatic N) is 4. The predicted molar refractivity (Wildman–Crippen MR) is 105 cm³/mol. The third kappa shape index (κ3) is 4.62. The fraction of sp³-hybridized carbons (Fsp3) is 0.722. The number of likely N-dealkylation sites (tertiary alicyclic amines) is 1. The van der Waals surface area contributed by atoms with Gasteiger partial charge in [-0.1, -0.05) is 6.92 Å². The number of aromatic amines is 1. The second-order valence-corrected chi connectivity index (χ2v) is 9.20. The molecule has 0 spiro atoms. The highest BCUT2D eigenvalue weighted by Gasteiger charge is 2.36. The summed E-state index contributed by atoms with van der Waals surface area (Å²) in [5.74, 6) is -0.617. The fourth-order valence-electron chi connectivity index (χ4n) is 3.80. The van der Waals surface area contributed by atoms with Gasteiger partial charge in [0, 0.05) is 39.3 Å². The number of ether oxygens (including phenoxy) is 1. The van der Waals surface area contributed by atoms with E-state index in [-0.39, 0.29) is 29.6 Å². The van der Waals surface area contributed by atoms with Gasteiger partial charge in [-0.05, 0) is 25.7 Å². The maximum atomic E-state index is 13.1. The minimum atomic E-state index is -3.94. The molecule has 11 heteroatoms. The first-order chi connectivity index (χ1) is 13.9. The van der Waals surface area contributed by atoms with Gasteiger partial charge >= 0.3 is 5.97 Å². The number of rotatable bonds is 6. The van der Waals surface area contributed by atoms with Crippen molar-refractivity contribution in [3.8, 4) is 0 Å². The van der Waals surface area contributed by atoms with Crippen molar-refractivity contribution in [1.82, 2.24) is 24.3 Å². The summed E-state index contributed by atoms with van der Waals surface area (Å²) >= 11 is 0. The summed E-state index contributed by atoms with van der Waals surface area (Å²) in [6.07, 6.45) is 3.69. The number of aromatic nitrogens is 2. The molecule has 0 bridgehead atoms. The summed E-state index contributed by atoms with van der Waals surface area (Å²) in [4.78, 5) is 28.4. The average molecular weight is 428 g/mol. The Labute approximate surface area is 171 Å². The molecule has 0 atom stereocenters. The van der Waals surface area contributed by atoms with Crippen LogP contribution in [0.4, 0.5) is 0 Å². The van der Waals surface area contributed by atoms with Crippen molar-refractivity contribution >= 4 is 21.9 Å². The van der Waals surface area contributed by atoms with E-state index >= 15 is 0 Å². The number of carbonyl (C=O) groups is 2. The summed E-state index contributed by atoms with van der Waals surface area (Å²) in [5.41, 5.74) is 0.402. The van der Waals surface area contributed by atoms with Crippen molar-refractivity contribution in [2.75, 3.05) is 52.9 Å². The molecule has 0 aromatic carbocycles. The van der Waals surface area contributed by atoms with E-state index < -0.39 is 16.0 Å². The van der Waals surface area contributed by atoms with Gasteiger partial charge in [-0.25, -0.2) is 13.2 Å². The summed E-state index contributed by atoms with van der Waals surface area (Å²) in [6.45, 7) is 5.12. The lowest BCUT2D eigenvalue weighted by molar-refractivity contribution is -0.133. The van der Waals surface area contributed by atoms with Crippen molar-refractivity contribution in [3.63, 3.8) is 0 Å². The predicted octanol–water partition coefficient (Wildman–Crippen LogP) is 0.0775. The van der Waals surface area contributed by atoms with Crippen LogP contribution in [0.2, 0.25) is 0 Å². The van der Waals surface area contributed by atoms with Gasteiger partial charge in [0.2, 0.25) is 10.9 Å². The maximum absolute atomic E-state index is 13.1. The quantitative estimate of drug-likeness (QED) is 0.639. The lowest BCUT2D eigenvalue weighted by Crippen LogP contribution is -2.52. The zero-order valence-electron chi connectivity index (χ0n) is 17.0. The number of nitrogens with one attached hydrogen (secondary N) is 1. The Bertz CT molecular complexity index is 839. The van der Waals surface area contributed by atoms with Crippen molar-refractivity contribution in [2.24, 2.45) is 0 Å². The molecule has 0 aliphatic carbocycles. The van der Waals surface area contributed by atoms with Crippen LogP contribution in [0.3, 0.4) is 0 Å². The zero-order chi connectivity index (χ0) is 21.0. The van der Waals surface area contributed by atoms with Crippen LogP contribution in [0.15, 0.2) is 5.03 Å². The van der Waals surface area contributed by atoms with Crippen molar-refractivity contribution in [2.45, 2.75) is 37.6 Å². The number of aryl methyl sites for hydroxylation is 1. The largest absolute Gasteiger partial charge is 0.465 e. The van der Waals surface area contributed by atoms with Crippen LogP contribution in [-0.4, -0.2) is 97.5 Å². The third-order valence-electron chi connectivity index (χ3n) is 5.53. The molecule has 1 aromatic rings. The molecule has 10 nitrogen and oxygen atoms in total. The number of hydrogen-bond acceptors (Lipinski definition) is 7. The van der Waals surface area contributed by atoms with E-state index in [2.05, 4.69) is 10.2 Å². The Morgan fingerprint density at radius 3 is 2.31 bits per heavy atom. The molecule has 0 radical (unpaired) electrons. The molecule has 29 heavy (non-hydrogen) atoms. The van der Waals surface area contributed by atoms with Gasteiger partial charge < -0.3 is 9.64 Å². The highest BCUT2D eigenvalue weighted by molar-refractivity contribution is 7.89. The molecule has 0 unspecified atom stereocenters. The summed E-state index contributed by atoms with van der Waals surface area (Å²) < 4.78 is 32.2. The first-order valence-electron chi connectivity index (χ1n) is 10.0. The van der Waals surface area contributed by atoms with Crippen molar-refractivity contribution < 1.29 is 22.7 Å². The Hall–Kier alpha value is -1.98. The number of H-pyrrole nitrogens is 1. The molecule has 3 heterocycles. The molecule has 2 saturated heterocycles. The van der Waals surface area contributed by atoms with Crippen LogP contribution in [0.5, 0.6) is 0 Å². The number of piperazine rings is 1. The molecule has 1 amide bonds. The highest BCUT2D eigenvalue weighted by atomic mass is 32.2. The minimum absolute atomic E-state index is 0.0299. The summed E-state index contributed by atoms with van der Waals surface area (Å²) in [6, 6.07) is 0. The zero-order valence-corrected chi connectivity index (χ0v) is 17.8. The number of amides is 1. The number of sulfonamides is 1. The highest BCUT2D eigenvalue weighted by Crippen LogP contribution is 2.23. The van der Waals surface area contributed by atoms with Gasteiger partial charge in [0.15, 0.2) is 0 Å². The third-order valence-corrected chi connectivity index (χ3v) is 7.36. The molecule has 3 rings (SSSR count). The van der Waals surface area contributed by atoms with Crippen LogP contribution < -0.4 is 0 Å². The van der Waals surface area contributed by atoms with E-state index in [4.69, 9.17) is 4.74 Å². The van der Waals surface area contributed by atoms with Crippen LogP contribution in [0.1, 0.15) is 42.2 Å². The maximum Gasteiger partial charge on any atom is 0.342 e. The van der Waals surface area contributed by atoms with Gasteiger partial charge in [-0.3, -0.25) is 14.8 Å². The van der Waals surface area contributed by atoms with E-state index in [0.717, 1.165) is 25.9 Å². The van der Waals surface area contributed by atoms with Crippen LogP contribution in [-0.2, 0) is 26.0 Å². The van der Waals surface area contributed by atoms with E-state index in [0.29, 0.717) is 31.7 Å². The molecule has 0 saturated carbocycles. The smallest absolute Gasteiger partial charge is 0.342 e. The van der Waals surface area contributed by atoms with Crippen LogP contribution in [0, 0.1) is 0 Å². The van der Waals surface area contributed by atoms with Gasteiger partial charge in [0.25, 0.3) is 10.0 Å². The second-order valence-electron chi connectivity index (χ2n) is 7.35. The summed E-state index contributed by atoms with van der Waals surface area (Å²) in [7, 11) is -2.73. The first-order valence-corrected chi connectivity index (χ1v) is 11.5. The molecular weight excluding hydrogens is 398 g/mol. The topological polar surface area (TPSA) is 116 Å². The van der Waals surface area contributed by atoms with Crippen LogP contribution in [0.25, 0.3) is 0 Å². The van der Waals surface area contributed by atoms with Gasteiger partial charge in [-0.2, -0.15) is 9.40 Å². The molecule has 2 fully saturated rings. The number of methoxy groups -OCH3 is 1. The molecule has 162 valence electrons. The summed E-state index contributed by atoms with van der Waals surface area (Å²) in [5, 5.41) is 6.25. The Morgan fingerprint density at radius 2 is 1.72 bits per heavy atom. The van der Waals surface area contributed by atoms with Gasteiger partial charge in [0.1, 0.15) is 5.56 Å². The van der Waals surface area contributed by atoms with Crippen molar-refractivity contribution in [1.29, 1.82) is 0 Å². The standard InChI is InChI=1S/C18H29N5O5S/c1-3-14-16(18(25)28-2)17(20-19-14)29(26,27)23-11-9-21(10-12-23)13-15(24)22-7-5-4-6-8-22/h3-13H2,1-2H3,(H,19,20). The lowest BCUT2D eigenvalue weighted by Gasteiger charge is -2.35. The molecular formula is C18H29N5O5S.